The van der Waals surface area contributed by atoms with E-state index in [1.165, 1.54) is 25.7 Å². The summed E-state index contributed by atoms with van der Waals surface area (Å²) < 4.78 is 23.4. The molecule has 0 bridgehead atoms. The van der Waals surface area contributed by atoms with Crippen LogP contribution in [0.25, 0.3) is 0 Å². The van der Waals surface area contributed by atoms with Crippen LogP contribution in [-0.2, 0) is 18.9 Å². The standard InChI is InChI=1S/C20H36O4/c1-3-5-7-9-17-13-23-20(24-14-17)12-11-18-15-21-19(22-16-18)10-8-6-4-2/h7,9,17-20H,3-6,8,10-16H2,1-2H3/t17-,18-,19-,20-. The summed E-state index contributed by atoms with van der Waals surface area (Å²) in [5.41, 5.74) is 0. The van der Waals surface area contributed by atoms with Crippen LogP contribution in [0.5, 0.6) is 0 Å². The van der Waals surface area contributed by atoms with Gasteiger partial charge in [0.25, 0.3) is 0 Å². The van der Waals surface area contributed by atoms with Crippen molar-refractivity contribution in [1.29, 1.82) is 0 Å². The molecule has 0 unspecified atom stereocenters. The Hall–Kier alpha value is -0.420. The van der Waals surface area contributed by atoms with Crippen molar-refractivity contribution in [1.82, 2.24) is 0 Å². The number of unbranched alkanes of at least 4 members (excludes halogenated alkanes) is 3. The molecule has 0 aromatic heterocycles. The van der Waals surface area contributed by atoms with E-state index in [-0.39, 0.29) is 12.6 Å². The largest absolute Gasteiger partial charge is 0.352 e. The van der Waals surface area contributed by atoms with Crippen molar-refractivity contribution in [3.05, 3.63) is 12.2 Å². The van der Waals surface area contributed by atoms with Gasteiger partial charge >= 0.3 is 0 Å². The summed E-state index contributed by atoms with van der Waals surface area (Å²) >= 11 is 0. The van der Waals surface area contributed by atoms with Gasteiger partial charge in [0.2, 0.25) is 0 Å². The van der Waals surface area contributed by atoms with Crippen molar-refractivity contribution in [3.8, 4) is 0 Å². The van der Waals surface area contributed by atoms with Gasteiger partial charge in [-0.2, -0.15) is 0 Å². The van der Waals surface area contributed by atoms with E-state index in [1.54, 1.807) is 0 Å². The number of hydrogen-bond donors (Lipinski definition) is 0. The van der Waals surface area contributed by atoms with Crippen LogP contribution in [0.3, 0.4) is 0 Å². The Kier molecular flexibility index (Phi) is 9.96. The first-order valence-electron chi connectivity index (χ1n) is 9.94. The van der Waals surface area contributed by atoms with E-state index >= 15 is 0 Å². The molecule has 2 heterocycles. The summed E-state index contributed by atoms with van der Waals surface area (Å²) in [6, 6.07) is 0. The van der Waals surface area contributed by atoms with Crippen molar-refractivity contribution in [2.24, 2.45) is 11.8 Å². The van der Waals surface area contributed by atoms with E-state index in [9.17, 15) is 0 Å². The fourth-order valence-electron chi connectivity index (χ4n) is 3.14. The van der Waals surface area contributed by atoms with E-state index < -0.39 is 0 Å². The molecule has 140 valence electrons. The topological polar surface area (TPSA) is 36.9 Å². The van der Waals surface area contributed by atoms with Crippen molar-refractivity contribution >= 4 is 0 Å². The summed E-state index contributed by atoms with van der Waals surface area (Å²) in [4.78, 5) is 0. The second-order valence-electron chi connectivity index (χ2n) is 7.11. The quantitative estimate of drug-likeness (QED) is 0.427. The maximum absolute atomic E-state index is 5.84. The molecule has 0 saturated carbocycles. The zero-order valence-electron chi connectivity index (χ0n) is 15.6. The average Bonchev–Trinajstić information content (AvgIpc) is 2.63. The van der Waals surface area contributed by atoms with E-state index in [1.807, 2.05) is 0 Å². The minimum absolute atomic E-state index is 0.0191. The lowest BCUT2D eigenvalue weighted by Crippen LogP contribution is -2.34. The Bertz CT molecular complexity index is 329. The maximum atomic E-state index is 5.84. The van der Waals surface area contributed by atoms with Gasteiger partial charge in [0.05, 0.1) is 26.4 Å². The first-order chi connectivity index (χ1) is 11.8. The molecule has 0 aromatic rings. The average molecular weight is 341 g/mol. The van der Waals surface area contributed by atoms with Crippen molar-refractivity contribution in [2.75, 3.05) is 26.4 Å². The third-order valence-corrected chi connectivity index (χ3v) is 4.75. The maximum Gasteiger partial charge on any atom is 0.157 e. The van der Waals surface area contributed by atoms with Crippen LogP contribution in [0.15, 0.2) is 12.2 Å². The number of ether oxygens (including phenoxy) is 4. The normalized spacial score (nSPS) is 31.6. The van der Waals surface area contributed by atoms with Gasteiger partial charge < -0.3 is 18.9 Å². The number of rotatable bonds is 10. The van der Waals surface area contributed by atoms with Crippen molar-refractivity contribution < 1.29 is 18.9 Å². The second kappa shape index (κ2) is 12.0. The van der Waals surface area contributed by atoms with Gasteiger partial charge in [-0.15, -0.1) is 0 Å². The Morgan fingerprint density at radius 1 is 0.750 bits per heavy atom. The van der Waals surface area contributed by atoms with Crippen LogP contribution >= 0.6 is 0 Å². The molecule has 4 nitrogen and oxygen atoms in total. The Morgan fingerprint density at radius 3 is 2.08 bits per heavy atom. The lowest BCUT2D eigenvalue weighted by atomic mass is 10.0. The van der Waals surface area contributed by atoms with E-state index in [4.69, 9.17) is 18.9 Å². The van der Waals surface area contributed by atoms with E-state index in [0.717, 1.165) is 52.1 Å². The fraction of sp³-hybridized carbons (Fsp3) is 0.900. The zero-order chi connectivity index (χ0) is 17.0. The molecule has 0 N–H and O–H groups in total. The molecule has 0 atom stereocenters. The van der Waals surface area contributed by atoms with Crippen molar-refractivity contribution in [2.45, 2.75) is 77.8 Å². The van der Waals surface area contributed by atoms with Gasteiger partial charge in [0.1, 0.15) is 0 Å². The van der Waals surface area contributed by atoms with Crippen LogP contribution in [0.4, 0.5) is 0 Å². The van der Waals surface area contributed by atoms with Gasteiger partial charge in [-0.3, -0.25) is 0 Å². The molecule has 24 heavy (non-hydrogen) atoms. The molecular formula is C20H36O4. The third-order valence-electron chi connectivity index (χ3n) is 4.75. The zero-order valence-corrected chi connectivity index (χ0v) is 15.6. The molecule has 0 aromatic carbocycles. The summed E-state index contributed by atoms with van der Waals surface area (Å²) in [5, 5.41) is 0. The SMILES string of the molecule is CCCC=C[C@H]1CO[C@H](CC[C@H]2CO[C@H](CCCCC)OC2)OC1. The Balaban J connectivity index is 1.52. The summed E-state index contributed by atoms with van der Waals surface area (Å²) in [6.07, 6.45) is 13.5. The summed E-state index contributed by atoms with van der Waals surface area (Å²) in [6.45, 7) is 7.60. The summed E-state index contributed by atoms with van der Waals surface area (Å²) in [5.74, 6) is 0.889. The number of hydrogen-bond acceptors (Lipinski definition) is 4. The van der Waals surface area contributed by atoms with Crippen molar-refractivity contribution in [3.63, 3.8) is 0 Å². The predicted molar refractivity (Wildman–Crippen MR) is 95.8 cm³/mol. The fourth-order valence-corrected chi connectivity index (χ4v) is 3.14. The van der Waals surface area contributed by atoms with Crippen LogP contribution in [0.1, 0.15) is 65.2 Å². The molecule has 2 aliphatic heterocycles. The van der Waals surface area contributed by atoms with E-state index in [2.05, 4.69) is 26.0 Å². The number of allylic oxidation sites excluding steroid dienone is 1. The molecule has 0 amide bonds. The molecule has 2 saturated heterocycles. The first-order valence-corrected chi connectivity index (χ1v) is 9.94. The van der Waals surface area contributed by atoms with Crippen LogP contribution in [0, 0.1) is 11.8 Å². The monoisotopic (exact) mass is 340 g/mol. The molecule has 4 heteroatoms. The van der Waals surface area contributed by atoms with Crippen LogP contribution in [0.2, 0.25) is 0 Å². The van der Waals surface area contributed by atoms with Crippen LogP contribution in [-0.4, -0.2) is 39.0 Å². The summed E-state index contributed by atoms with van der Waals surface area (Å²) in [7, 11) is 0. The minimum atomic E-state index is -0.0527. The minimum Gasteiger partial charge on any atom is -0.352 e. The molecule has 0 aliphatic carbocycles. The van der Waals surface area contributed by atoms with E-state index in [0.29, 0.717) is 11.8 Å². The second-order valence-corrected chi connectivity index (χ2v) is 7.11. The van der Waals surface area contributed by atoms with Gasteiger partial charge in [-0.25, -0.2) is 0 Å². The van der Waals surface area contributed by atoms with Gasteiger partial charge in [0, 0.05) is 11.8 Å². The van der Waals surface area contributed by atoms with Gasteiger partial charge in [0.15, 0.2) is 12.6 Å². The van der Waals surface area contributed by atoms with Gasteiger partial charge in [-0.1, -0.05) is 45.3 Å². The Labute approximate surface area is 147 Å². The molecule has 2 rings (SSSR count). The highest BCUT2D eigenvalue weighted by molar-refractivity contribution is 4.89. The first kappa shape index (κ1) is 19.9. The molecule has 0 spiro atoms. The predicted octanol–water partition coefficient (Wildman–Crippen LogP) is 4.68. The highest BCUT2D eigenvalue weighted by Crippen LogP contribution is 2.23. The Morgan fingerprint density at radius 2 is 1.42 bits per heavy atom. The molecule has 2 fully saturated rings. The van der Waals surface area contributed by atoms with Crippen LogP contribution < -0.4 is 0 Å². The third kappa shape index (κ3) is 7.64. The molecular weight excluding hydrogens is 304 g/mol. The molecule has 0 radical (unpaired) electrons. The van der Waals surface area contributed by atoms with Gasteiger partial charge in [-0.05, 0) is 32.1 Å². The lowest BCUT2D eigenvalue weighted by molar-refractivity contribution is -0.216. The highest BCUT2D eigenvalue weighted by Gasteiger charge is 2.25. The molecule has 2 aliphatic rings. The lowest BCUT2D eigenvalue weighted by Gasteiger charge is -2.32. The highest BCUT2D eigenvalue weighted by atomic mass is 16.7. The smallest absolute Gasteiger partial charge is 0.157 e.